The van der Waals surface area contributed by atoms with E-state index in [1.165, 1.54) is 11.1 Å². The molecule has 0 bridgehead atoms. The standard InChI is InChI=1S/C25H29F3O2/c1-2-3-16-4-6-18(7-5-16)21-14-29-25(30-15-21)19-10-8-17(9-11-19)20-12-22(26)24(28)23(27)13-20/h4-7,12-13,17,19,21,25H,2-3,8-11,14-15H2,1H3. The summed E-state index contributed by atoms with van der Waals surface area (Å²) in [6, 6.07) is 11.0. The summed E-state index contributed by atoms with van der Waals surface area (Å²) in [5.41, 5.74) is 3.15. The minimum Gasteiger partial charge on any atom is -0.352 e. The fourth-order valence-electron chi connectivity index (χ4n) is 4.76. The van der Waals surface area contributed by atoms with Crippen molar-refractivity contribution in [1.29, 1.82) is 0 Å². The fraction of sp³-hybridized carbons (Fsp3) is 0.520. The van der Waals surface area contributed by atoms with Gasteiger partial charge in [-0.25, -0.2) is 13.2 Å². The Balaban J connectivity index is 1.28. The molecule has 1 aliphatic heterocycles. The van der Waals surface area contributed by atoms with Crippen molar-refractivity contribution in [3.8, 4) is 0 Å². The van der Waals surface area contributed by atoms with Crippen LogP contribution in [0.3, 0.4) is 0 Å². The van der Waals surface area contributed by atoms with Crippen LogP contribution in [-0.4, -0.2) is 19.5 Å². The van der Waals surface area contributed by atoms with Crippen molar-refractivity contribution < 1.29 is 22.6 Å². The van der Waals surface area contributed by atoms with Gasteiger partial charge in [-0.1, -0.05) is 37.6 Å². The molecule has 1 heterocycles. The summed E-state index contributed by atoms with van der Waals surface area (Å²) >= 11 is 0. The van der Waals surface area contributed by atoms with Gasteiger partial charge in [-0.3, -0.25) is 0 Å². The van der Waals surface area contributed by atoms with Crippen LogP contribution in [0.1, 0.15) is 67.6 Å². The Kier molecular flexibility index (Phi) is 6.79. The van der Waals surface area contributed by atoms with E-state index in [9.17, 15) is 13.2 Å². The van der Waals surface area contributed by atoms with Gasteiger partial charge < -0.3 is 9.47 Å². The molecular weight excluding hydrogens is 389 g/mol. The highest BCUT2D eigenvalue weighted by molar-refractivity contribution is 5.26. The summed E-state index contributed by atoms with van der Waals surface area (Å²) in [4.78, 5) is 0. The molecule has 4 rings (SSSR count). The molecule has 1 saturated heterocycles. The summed E-state index contributed by atoms with van der Waals surface area (Å²) in [6.45, 7) is 3.47. The zero-order valence-electron chi connectivity index (χ0n) is 17.4. The first-order chi connectivity index (χ1) is 14.5. The van der Waals surface area contributed by atoms with Crippen LogP contribution in [0.4, 0.5) is 13.2 Å². The molecule has 2 fully saturated rings. The normalized spacial score (nSPS) is 27.2. The van der Waals surface area contributed by atoms with Gasteiger partial charge in [0.15, 0.2) is 23.7 Å². The van der Waals surface area contributed by atoms with E-state index in [0.717, 1.165) is 50.7 Å². The maximum atomic E-state index is 13.5. The number of ether oxygens (including phenoxy) is 2. The molecule has 0 N–H and O–H groups in total. The molecule has 2 aromatic rings. The molecule has 2 aromatic carbocycles. The van der Waals surface area contributed by atoms with Gasteiger partial charge in [0, 0.05) is 11.8 Å². The molecule has 0 aromatic heterocycles. The second-order valence-corrected chi connectivity index (χ2v) is 8.63. The van der Waals surface area contributed by atoms with Crippen molar-refractivity contribution in [1.82, 2.24) is 0 Å². The van der Waals surface area contributed by atoms with E-state index in [4.69, 9.17) is 9.47 Å². The summed E-state index contributed by atoms with van der Waals surface area (Å²) in [5, 5.41) is 0. The fourth-order valence-corrected chi connectivity index (χ4v) is 4.76. The molecule has 0 radical (unpaired) electrons. The Labute approximate surface area is 176 Å². The SMILES string of the molecule is CCCc1ccc(C2COC(C3CCC(c4cc(F)c(F)c(F)c4)CC3)OC2)cc1. The summed E-state index contributed by atoms with van der Waals surface area (Å²) < 4.78 is 52.4. The van der Waals surface area contributed by atoms with Crippen molar-refractivity contribution in [2.24, 2.45) is 5.92 Å². The first-order valence-electron chi connectivity index (χ1n) is 11.0. The monoisotopic (exact) mass is 418 g/mol. The Morgan fingerprint density at radius 3 is 1.97 bits per heavy atom. The van der Waals surface area contributed by atoms with Crippen LogP contribution in [0.5, 0.6) is 0 Å². The number of hydrogen-bond acceptors (Lipinski definition) is 2. The van der Waals surface area contributed by atoms with Gasteiger partial charge in [-0.2, -0.15) is 0 Å². The van der Waals surface area contributed by atoms with E-state index in [0.29, 0.717) is 18.8 Å². The van der Waals surface area contributed by atoms with Gasteiger partial charge in [0.1, 0.15) is 0 Å². The molecule has 0 unspecified atom stereocenters. The smallest absolute Gasteiger partial charge is 0.194 e. The minimum atomic E-state index is -1.40. The summed E-state index contributed by atoms with van der Waals surface area (Å²) in [6.07, 6.45) is 5.34. The summed E-state index contributed by atoms with van der Waals surface area (Å²) in [7, 11) is 0. The summed E-state index contributed by atoms with van der Waals surface area (Å²) in [5.74, 6) is -3.04. The van der Waals surface area contributed by atoms with Crippen molar-refractivity contribution >= 4 is 0 Å². The van der Waals surface area contributed by atoms with E-state index in [1.807, 2.05) is 0 Å². The predicted octanol–water partition coefficient (Wildman–Crippen LogP) is 6.49. The first-order valence-corrected chi connectivity index (χ1v) is 11.0. The van der Waals surface area contributed by atoms with Crippen LogP contribution < -0.4 is 0 Å². The van der Waals surface area contributed by atoms with Gasteiger partial charge in [-0.15, -0.1) is 0 Å². The van der Waals surface area contributed by atoms with Gasteiger partial charge in [0.2, 0.25) is 0 Å². The highest BCUT2D eigenvalue weighted by Gasteiger charge is 2.33. The number of benzene rings is 2. The first kappa shape index (κ1) is 21.4. The number of halogens is 3. The molecule has 2 nitrogen and oxygen atoms in total. The minimum absolute atomic E-state index is 0.0452. The number of aryl methyl sites for hydroxylation is 1. The number of hydrogen-bond donors (Lipinski definition) is 0. The van der Waals surface area contributed by atoms with Crippen LogP contribution in [0.25, 0.3) is 0 Å². The molecular formula is C25H29F3O2. The lowest BCUT2D eigenvalue weighted by atomic mass is 9.78. The van der Waals surface area contributed by atoms with Gasteiger partial charge in [0.25, 0.3) is 0 Å². The lowest BCUT2D eigenvalue weighted by molar-refractivity contribution is -0.217. The van der Waals surface area contributed by atoms with Crippen molar-refractivity contribution in [2.45, 2.75) is 63.6 Å². The van der Waals surface area contributed by atoms with Crippen LogP contribution in [0.15, 0.2) is 36.4 Å². The zero-order chi connectivity index (χ0) is 21.1. The van der Waals surface area contributed by atoms with Crippen LogP contribution >= 0.6 is 0 Å². The van der Waals surface area contributed by atoms with Gasteiger partial charge >= 0.3 is 0 Å². The molecule has 30 heavy (non-hydrogen) atoms. The molecule has 5 heteroatoms. The van der Waals surface area contributed by atoms with Crippen LogP contribution in [-0.2, 0) is 15.9 Å². The van der Waals surface area contributed by atoms with E-state index in [2.05, 4.69) is 31.2 Å². The Morgan fingerprint density at radius 2 is 1.40 bits per heavy atom. The zero-order valence-corrected chi connectivity index (χ0v) is 17.4. The Morgan fingerprint density at radius 1 is 0.800 bits per heavy atom. The number of rotatable bonds is 5. The third-order valence-corrected chi connectivity index (χ3v) is 6.55. The second-order valence-electron chi connectivity index (χ2n) is 8.63. The van der Waals surface area contributed by atoms with Crippen LogP contribution in [0, 0.1) is 23.4 Å². The second kappa shape index (κ2) is 9.52. The molecule has 0 atom stereocenters. The lowest BCUT2D eigenvalue weighted by Crippen LogP contribution is -2.37. The van der Waals surface area contributed by atoms with Crippen LogP contribution in [0.2, 0.25) is 0 Å². The van der Waals surface area contributed by atoms with E-state index in [-0.39, 0.29) is 24.0 Å². The molecule has 1 saturated carbocycles. The average Bonchev–Trinajstić information content (AvgIpc) is 2.78. The topological polar surface area (TPSA) is 18.5 Å². The van der Waals surface area contributed by atoms with E-state index < -0.39 is 17.5 Å². The van der Waals surface area contributed by atoms with Crippen molar-refractivity contribution in [3.63, 3.8) is 0 Å². The van der Waals surface area contributed by atoms with Crippen molar-refractivity contribution in [2.75, 3.05) is 13.2 Å². The predicted molar refractivity (Wildman–Crippen MR) is 110 cm³/mol. The van der Waals surface area contributed by atoms with E-state index in [1.54, 1.807) is 0 Å². The quantitative estimate of drug-likeness (QED) is 0.517. The maximum Gasteiger partial charge on any atom is 0.194 e. The molecule has 162 valence electrons. The molecule has 0 spiro atoms. The third-order valence-electron chi connectivity index (χ3n) is 6.55. The Hall–Kier alpha value is -1.85. The van der Waals surface area contributed by atoms with Crippen molar-refractivity contribution in [3.05, 3.63) is 70.5 Å². The largest absolute Gasteiger partial charge is 0.352 e. The van der Waals surface area contributed by atoms with Gasteiger partial charge in [-0.05, 0) is 66.8 Å². The highest BCUT2D eigenvalue weighted by atomic mass is 19.2. The van der Waals surface area contributed by atoms with E-state index >= 15 is 0 Å². The maximum absolute atomic E-state index is 13.5. The lowest BCUT2D eigenvalue weighted by Gasteiger charge is -2.38. The molecule has 2 aliphatic rings. The Bertz CT molecular complexity index is 813. The average molecular weight is 418 g/mol. The van der Waals surface area contributed by atoms with Gasteiger partial charge in [0.05, 0.1) is 13.2 Å². The molecule has 0 amide bonds. The highest BCUT2D eigenvalue weighted by Crippen LogP contribution is 2.40. The third kappa shape index (κ3) is 4.73. The molecule has 1 aliphatic carbocycles.